The molecule has 1 aliphatic rings. The van der Waals surface area contributed by atoms with E-state index in [-0.39, 0.29) is 17.6 Å². The normalized spacial score (nSPS) is 17.9. The second-order valence-electron chi connectivity index (χ2n) is 5.72. The van der Waals surface area contributed by atoms with E-state index < -0.39 is 0 Å². The number of nitrogens with one attached hydrogen (secondary N) is 1. The van der Waals surface area contributed by atoms with Gasteiger partial charge in [0.25, 0.3) is 5.56 Å². The van der Waals surface area contributed by atoms with Crippen LogP contribution in [-0.4, -0.2) is 55.2 Å². The molecule has 0 unspecified atom stereocenters. The van der Waals surface area contributed by atoms with Gasteiger partial charge in [0.15, 0.2) is 0 Å². The zero-order chi connectivity index (χ0) is 16.9. The van der Waals surface area contributed by atoms with E-state index in [9.17, 15) is 9.59 Å². The highest BCUT2D eigenvalue weighted by Gasteiger charge is 2.26. The molecule has 9 heteroatoms. The van der Waals surface area contributed by atoms with Crippen molar-refractivity contribution in [1.82, 2.24) is 29.6 Å². The summed E-state index contributed by atoms with van der Waals surface area (Å²) in [4.78, 5) is 36.5. The van der Waals surface area contributed by atoms with Crippen LogP contribution in [0.2, 0.25) is 0 Å². The van der Waals surface area contributed by atoms with Crippen LogP contribution < -0.4 is 5.56 Å². The molecule has 1 fully saturated rings. The third kappa shape index (κ3) is 4.05. The lowest BCUT2D eigenvalue weighted by molar-refractivity contribution is -0.139. The molecule has 1 atom stereocenters. The van der Waals surface area contributed by atoms with Crippen molar-refractivity contribution < 1.29 is 9.53 Å². The molecule has 0 aliphatic carbocycles. The first-order chi connectivity index (χ1) is 11.6. The Hall–Kier alpha value is -2.55. The van der Waals surface area contributed by atoms with Gasteiger partial charge in [0.2, 0.25) is 5.91 Å². The van der Waals surface area contributed by atoms with Crippen molar-refractivity contribution >= 4 is 5.91 Å². The summed E-state index contributed by atoms with van der Waals surface area (Å²) in [6.07, 6.45) is 3.89. The van der Waals surface area contributed by atoms with Gasteiger partial charge in [-0.05, 0) is 13.3 Å². The number of carbonyl (C=O) groups excluding carboxylic acids is 1. The Bertz CT molecular complexity index is 742. The summed E-state index contributed by atoms with van der Waals surface area (Å²) in [6.45, 7) is 3.79. The van der Waals surface area contributed by atoms with Gasteiger partial charge < -0.3 is 14.6 Å². The van der Waals surface area contributed by atoms with E-state index in [1.54, 1.807) is 22.8 Å². The summed E-state index contributed by atoms with van der Waals surface area (Å²) in [5.41, 5.74) is 0.355. The number of aryl methyl sites for hydroxylation is 2. The summed E-state index contributed by atoms with van der Waals surface area (Å²) >= 11 is 0. The van der Waals surface area contributed by atoms with Crippen molar-refractivity contribution in [2.45, 2.75) is 32.4 Å². The first kappa shape index (κ1) is 16.3. The molecule has 0 saturated carbocycles. The van der Waals surface area contributed by atoms with Gasteiger partial charge in [0.05, 0.1) is 18.8 Å². The second-order valence-corrected chi connectivity index (χ2v) is 5.72. The third-order valence-corrected chi connectivity index (χ3v) is 3.87. The standard InChI is InChI=1S/C15H20N6O3/c1-11-18-12(7-14(22)19-11)13-8-20(5-6-24-13)15(23)3-2-4-21-10-16-9-17-21/h7,9-10,13H,2-6,8H2,1H3,(H,18,19,22)/t13-/m1/s1. The van der Waals surface area contributed by atoms with Gasteiger partial charge in [-0.15, -0.1) is 0 Å². The van der Waals surface area contributed by atoms with Crippen molar-refractivity contribution in [3.63, 3.8) is 0 Å². The average Bonchev–Trinajstić information content (AvgIpc) is 3.07. The van der Waals surface area contributed by atoms with Crippen LogP contribution in [0.3, 0.4) is 0 Å². The fraction of sp³-hybridized carbons (Fsp3) is 0.533. The Morgan fingerprint density at radius 2 is 2.38 bits per heavy atom. The molecule has 3 rings (SSSR count). The van der Waals surface area contributed by atoms with Crippen LogP contribution in [0.4, 0.5) is 0 Å². The van der Waals surface area contributed by atoms with Crippen molar-refractivity contribution in [1.29, 1.82) is 0 Å². The van der Waals surface area contributed by atoms with Gasteiger partial charge in [-0.25, -0.2) is 9.97 Å². The van der Waals surface area contributed by atoms with Crippen LogP contribution in [0.5, 0.6) is 0 Å². The molecule has 128 valence electrons. The maximum absolute atomic E-state index is 12.4. The monoisotopic (exact) mass is 332 g/mol. The maximum Gasteiger partial charge on any atom is 0.251 e. The number of morpholine rings is 1. The highest BCUT2D eigenvalue weighted by molar-refractivity contribution is 5.76. The lowest BCUT2D eigenvalue weighted by Gasteiger charge is -2.32. The fourth-order valence-corrected chi connectivity index (χ4v) is 2.72. The van der Waals surface area contributed by atoms with Crippen molar-refractivity contribution in [3.05, 3.63) is 40.6 Å². The van der Waals surface area contributed by atoms with Crippen LogP contribution in [0.25, 0.3) is 0 Å². The summed E-state index contributed by atoms with van der Waals surface area (Å²) in [7, 11) is 0. The molecule has 2 aromatic heterocycles. The average molecular weight is 332 g/mol. The highest BCUT2D eigenvalue weighted by atomic mass is 16.5. The number of aromatic nitrogens is 5. The molecule has 24 heavy (non-hydrogen) atoms. The number of hydrogen-bond donors (Lipinski definition) is 1. The number of ether oxygens (including phenoxy) is 1. The molecule has 0 radical (unpaired) electrons. The minimum absolute atomic E-state index is 0.0741. The Kier molecular flexibility index (Phi) is 4.99. The maximum atomic E-state index is 12.4. The zero-order valence-corrected chi connectivity index (χ0v) is 13.5. The van der Waals surface area contributed by atoms with Crippen LogP contribution in [0, 0.1) is 6.92 Å². The van der Waals surface area contributed by atoms with E-state index in [4.69, 9.17) is 4.74 Å². The van der Waals surface area contributed by atoms with Crippen molar-refractivity contribution in [2.24, 2.45) is 0 Å². The van der Waals surface area contributed by atoms with Gasteiger partial charge in [-0.3, -0.25) is 14.3 Å². The van der Waals surface area contributed by atoms with Crippen LogP contribution in [0.15, 0.2) is 23.5 Å². The van der Waals surface area contributed by atoms with E-state index in [1.807, 2.05) is 0 Å². The number of aromatic amines is 1. The SMILES string of the molecule is Cc1nc([C@H]2CN(C(=O)CCCn3cncn3)CCO2)cc(=O)[nH]1. The second kappa shape index (κ2) is 7.35. The summed E-state index contributed by atoms with van der Waals surface area (Å²) < 4.78 is 7.39. The minimum Gasteiger partial charge on any atom is -0.368 e. The van der Waals surface area contributed by atoms with E-state index >= 15 is 0 Å². The molecule has 1 saturated heterocycles. The Balaban J connectivity index is 1.56. The number of hydrogen-bond acceptors (Lipinski definition) is 6. The highest BCUT2D eigenvalue weighted by Crippen LogP contribution is 2.20. The van der Waals surface area contributed by atoms with Crippen LogP contribution in [-0.2, 0) is 16.1 Å². The number of H-pyrrole nitrogens is 1. The summed E-state index contributed by atoms with van der Waals surface area (Å²) in [5, 5.41) is 4.01. The first-order valence-electron chi connectivity index (χ1n) is 7.91. The summed E-state index contributed by atoms with van der Waals surface area (Å²) in [5.74, 6) is 0.613. The molecule has 1 amide bonds. The molecule has 2 aromatic rings. The molecule has 0 aromatic carbocycles. The summed E-state index contributed by atoms with van der Waals surface area (Å²) in [6, 6.07) is 1.43. The Morgan fingerprint density at radius 1 is 1.50 bits per heavy atom. The minimum atomic E-state index is -0.362. The van der Waals surface area contributed by atoms with E-state index in [0.717, 1.165) is 0 Å². The van der Waals surface area contributed by atoms with E-state index in [0.29, 0.717) is 50.6 Å². The Labute approximate surface area is 138 Å². The molecular weight excluding hydrogens is 312 g/mol. The van der Waals surface area contributed by atoms with E-state index in [1.165, 1.54) is 12.4 Å². The smallest absolute Gasteiger partial charge is 0.251 e. The lowest BCUT2D eigenvalue weighted by Crippen LogP contribution is -2.42. The Morgan fingerprint density at radius 3 is 3.12 bits per heavy atom. The van der Waals surface area contributed by atoms with Crippen LogP contribution in [0.1, 0.15) is 30.5 Å². The molecule has 0 spiro atoms. The third-order valence-electron chi connectivity index (χ3n) is 3.87. The van der Waals surface area contributed by atoms with Crippen molar-refractivity contribution in [2.75, 3.05) is 19.7 Å². The molecule has 1 N–H and O–H groups in total. The predicted molar refractivity (Wildman–Crippen MR) is 84.1 cm³/mol. The van der Waals surface area contributed by atoms with Gasteiger partial charge >= 0.3 is 0 Å². The zero-order valence-electron chi connectivity index (χ0n) is 13.5. The lowest BCUT2D eigenvalue weighted by atomic mass is 10.1. The number of carbonyl (C=O) groups is 1. The van der Waals surface area contributed by atoms with E-state index in [2.05, 4.69) is 20.1 Å². The largest absolute Gasteiger partial charge is 0.368 e. The number of rotatable bonds is 5. The van der Waals surface area contributed by atoms with Gasteiger partial charge in [0.1, 0.15) is 24.6 Å². The van der Waals surface area contributed by atoms with Crippen molar-refractivity contribution in [3.8, 4) is 0 Å². The van der Waals surface area contributed by atoms with Gasteiger partial charge in [0, 0.05) is 25.6 Å². The predicted octanol–water partition coefficient (Wildman–Crippen LogP) is 0.0501. The van der Waals surface area contributed by atoms with Gasteiger partial charge in [-0.2, -0.15) is 5.10 Å². The van der Waals surface area contributed by atoms with Gasteiger partial charge in [-0.1, -0.05) is 0 Å². The molecule has 0 bridgehead atoms. The molecular formula is C15H20N6O3. The number of amides is 1. The quantitative estimate of drug-likeness (QED) is 0.829. The number of nitrogens with zero attached hydrogens (tertiary/aromatic N) is 5. The molecule has 9 nitrogen and oxygen atoms in total. The fourth-order valence-electron chi connectivity index (χ4n) is 2.72. The molecule has 3 heterocycles. The topological polar surface area (TPSA) is 106 Å². The molecule has 1 aliphatic heterocycles. The first-order valence-corrected chi connectivity index (χ1v) is 7.91. The van der Waals surface area contributed by atoms with Crippen LogP contribution >= 0.6 is 0 Å².